The number of carbonyl (C=O) groups is 1. The third kappa shape index (κ3) is 3.67. The van der Waals surface area contributed by atoms with E-state index in [0.717, 1.165) is 0 Å². The summed E-state index contributed by atoms with van der Waals surface area (Å²) in [7, 11) is 0. The highest BCUT2D eigenvalue weighted by Gasteiger charge is 2.13. The zero-order valence-electron chi connectivity index (χ0n) is 10.5. The van der Waals surface area contributed by atoms with E-state index in [0.29, 0.717) is 11.4 Å². The third-order valence-electron chi connectivity index (χ3n) is 2.53. The molecular formula is C13H9ClN2O5. The van der Waals surface area contributed by atoms with Crippen molar-refractivity contribution >= 4 is 23.3 Å². The molecule has 1 N–H and O–H groups in total. The number of pyridine rings is 1. The average molecular weight is 309 g/mol. The standard InChI is InChI=1S/C13H9ClN2O5/c14-10-6-9(4-5-12(10)16(19)20)21-7-8-2-1-3-11(15-8)13(17)18/h1-6H,7H2,(H,17,18). The first kappa shape index (κ1) is 14.7. The van der Waals surface area contributed by atoms with Crippen LogP contribution in [0.15, 0.2) is 36.4 Å². The zero-order valence-corrected chi connectivity index (χ0v) is 11.3. The Bertz CT molecular complexity index is 705. The van der Waals surface area contributed by atoms with Crippen LogP contribution in [0.2, 0.25) is 5.02 Å². The van der Waals surface area contributed by atoms with Gasteiger partial charge in [0.25, 0.3) is 5.69 Å². The normalized spacial score (nSPS) is 10.1. The summed E-state index contributed by atoms with van der Waals surface area (Å²) in [6.45, 7) is 0.0231. The Morgan fingerprint density at radius 1 is 1.38 bits per heavy atom. The number of hydrogen-bond donors (Lipinski definition) is 1. The molecule has 2 aromatic rings. The predicted octanol–water partition coefficient (Wildman–Crippen LogP) is 2.92. The molecule has 108 valence electrons. The number of aromatic carboxylic acids is 1. The third-order valence-corrected chi connectivity index (χ3v) is 2.83. The summed E-state index contributed by atoms with van der Waals surface area (Å²) in [6.07, 6.45) is 0. The van der Waals surface area contributed by atoms with Gasteiger partial charge in [0.15, 0.2) is 0 Å². The molecule has 0 aliphatic heterocycles. The fourth-order valence-electron chi connectivity index (χ4n) is 1.56. The van der Waals surface area contributed by atoms with Crippen LogP contribution in [0.5, 0.6) is 5.75 Å². The Labute approximate surface area is 123 Å². The van der Waals surface area contributed by atoms with Gasteiger partial charge >= 0.3 is 5.97 Å². The molecule has 0 fully saturated rings. The molecule has 2 rings (SSSR count). The van der Waals surface area contributed by atoms with Crippen LogP contribution in [0.25, 0.3) is 0 Å². The molecule has 1 heterocycles. The molecular weight excluding hydrogens is 300 g/mol. The molecule has 0 aliphatic rings. The summed E-state index contributed by atoms with van der Waals surface area (Å²) < 4.78 is 5.38. The van der Waals surface area contributed by atoms with E-state index in [1.54, 1.807) is 12.1 Å². The largest absolute Gasteiger partial charge is 0.487 e. The van der Waals surface area contributed by atoms with Gasteiger partial charge in [-0.2, -0.15) is 0 Å². The zero-order chi connectivity index (χ0) is 15.4. The lowest BCUT2D eigenvalue weighted by molar-refractivity contribution is -0.384. The van der Waals surface area contributed by atoms with Gasteiger partial charge in [0, 0.05) is 12.1 Å². The van der Waals surface area contributed by atoms with E-state index in [2.05, 4.69) is 4.98 Å². The molecule has 0 atom stereocenters. The number of nitro groups is 1. The summed E-state index contributed by atoms with van der Waals surface area (Å²) in [4.78, 5) is 24.7. The quantitative estimate of drug-likeness (QED) is 0.673. The van der Waals surface area contributed by atoms with Crippen LogP contribution in [-0.2, 0) is 6.61 Å². The first-order valence-electron chi connectivity index (χ1n) is 5.73. The van der Waals surface area contributed by atoms with Gasteiger partial charge in [0.05, 0.1) is 10.6 Å². The van der Waals surface area contributed by atoms with Gasteiger partial charge in [-0.1, -0.05) is 17.7 Å². The van der Waals surface area contributed by atoms with Crippen LogP contribution in [-0.4, -0.2) is 21.0 Å². The molecule has 0 aliphatic carbocycles. The average Bonchev–Trinajstić information content (AvgIpc) is 2.45. The van der Waals surface area contributed by atoms with Crippen molar-refractivity contribution < 1.29 is 19.6 Å². The summed E-state index contributed by atoms with van der Waals surface area (Å²) in [5, 5.41) is 19.4. The van der Waals surface area contributed by atoms with Crippen molar-refractivity contribution in [2.24, 2.45) is 0 Å². The Morgan fingerprint density at radius 3 is 2.76 bits per heavy atom. The number of ether oxygens (including phenoxy) is 1. The Balaban J connectivity index is 2.10. The number of rotatable bonds is 5. The topological polar surface area (TPSA) is 103 Å². The second-order valence-electron chi connectivity index (χ2n) is 3.98. The van der Waals surface area contributed by atoms with Gasteiger partial charge in [0.2, 0.25) is 0 Å². The molecule has 0 saturated heterocycles. The summed E-state index contributed by atoms with van der Waals surface area (Å²) in [5.41, 5.74) is 0.122. The van der Waals surface area contributed by atoms with Crippen molar-refractivity contribution in [1.29, 1.82) is 0 Å². The van der Waals surface area contributed by atoms with Crippen molar-refractivity contribution in [1.82, 2.24) is 4.98 Å². The number of halogens is 1. The molecule has 0 saturated carbocycles. The predicted molar refractivity (Wildman–Crippen MR) is 73.6 cm³/mol. The van der Waals surface area contributed by atoms with Crippen LogP contribution in [0.3, 0.4) is 0 Å². The first-order valence-corrected chi connectivity index (χ1v) is 6.11. The molecule has 0 spiro atoms. The Morgan fingerprint density at radius 2 is 2.14 bits per heavy atom. The molecule has 21 heavy (non-hydrogen) atoms. The smallest absolute Gasteiger partial charge is 0.354 e. The summed E-state index contributed by atoms with van der Waals surface area (Å²) in [6, 6.07) is 8.50. The number of carboxylic acids is 1. The number of nitrogens with zero attached hydrogens (tertiary/aromatic N) is 2. The molecule has 0 amide bonds. The van der Waals surface area contributed by atoms with Crippen molar-refractivity contribution in [2.45, 2.75) is 6.61 Å². The van der Waals surface area contributed by atoms with Crippen molar-refractivity contribution in [3.63, 3.8) is 0 Å². The van der Waals surface area contributed by atoms with Gasteiger partial charge in [-0.15, -0.1) is 0 Å². The van der Waals surface area contributed by atoms with E-state index < -0.39 is 10.9 Å². The maximum absolute atomic E-state index is 10.8. The van der Waals surface area contributed by atoms with Crippen LogP contribution < -0.4 is 4.74 Å². The molecule has 1 aromatic heterocycles. The van der Waals surface area contributed by atoms with E-state index in [-0.39, 0.29) is 23.0 Å². The number of hydrogen-bond acceptors (Lipinski definition) is 5. The van der Waals surface area contributed by atoms with E-state index >= 15 is 0 Å². The second-order valence-corrected chi connectivity index (χ2v) is 4.39. The highest BCUT2D eigenvalue weighted by atomic mass is 35.5. The minimum absolute atomic E-state index is 0.0231. The lowest BCUT2D eigenvalue weighted by Crippen LogP contribution is -2.05. The summed E-state index contributed by atoms with van der Waals surface area (Å²) >= 11 is 5.76. The monoisotopic (exact) mass is 308 g/mol. The molecule has 0 radical (unpaired) electrons. The van der Waals surface area contributed by atoms with Crippen LogP contribution in [0.1, 0.15) is 16.2 Å². The second kappa shape index (κ2) is 6.19. The maximum atomic E-state index is 10.8. The van der Waals surface area contributed by atoms with Gasteiger partial charge < -0.3 is 9.84 Å². The minimum atomic E-state index is -1.13. The molecule has 1 aromatic carbocycles. The Kier molecular flexibility index (Phi) is 4.34. The van der Waals surface area contributed by atoms with E-state index in [9.17, 15) is 14.9 Å². The highest BCUT2D eigenvalue weighted by Crippen LogP contribution is 2.28. The maximum Gasteiger partial charge on any atom is 0.354 e. The molecule has 7 nitrogen and oxygen atoms in total. The highest BCUT2D eigenvalue weighted by molar-refractivity contribution is 6.32. The lowest BCUT2D eigenvalue weighted by atomic mass is 10.3. The van der Waals surface area contributed by atoms with Gasteiger partial charge in [-0.25, -0.2) is 9.78 Å². The lowest BCUT2D eigenvalue weighted by Gasteiger charge is -2.06. The first-order chi connectivity index (χ1) is 9.97. The van der Waals surface area contributed by atoms with Crippen molar-refractivity contribution in [2.75, 3.05) is 0 Å². The van der Waals surface area contributed by atoms with E-state index in [1.807, 2.05) is 0 Å². The number of benzene rings is 1. The fraction of sp³-hybridized carbons (Fsp3) is 0.0769. The van der Waals surface area contributed by atoms with E-state index in [4.69, 9.17) is 21.4 Å². The van der Waals surface area contributed by atoms with E-state index in [1.165, 1.54) is 24.3 Å². The SMILES string of the molecule is O=C(O)c1cccc(COc2ccc([N+](=O)[O-])c(Cl)c2)n1. The molecule has 8 heteroatoms. The van der Waals surface area contributed by atoms with Crippen LogP contribution in [0.4, 0.5) is 5.69 Å². The van der Waals surface area contributed by atoms with Gasteiger partial charge in [-0.3, -0.25) is 10.1 Å². The fourth-order valence-corrected chi connectivity index (χ4v) is 1.80. The van der Waals surface area contributed by atoms with Crippen LogP contribution >= 0.6 is 11.6 Å². The minimum Gasteiger partial charge on any atom is -0.487 e. The molecule has 0 unspecified atom stereocenters. The molecule has 0 bridgehead atoms. The van der Waals surface area contributed by atoms with Gasteiger partial charge in [0.1, 0.15) is 23.1 Å². The summed E-state index contributed by atoms with van der Waals surface area (Å²) in [5.74, 6) is -0.802. The van der Waals surface area contributed by atoms with Crippen molar-refractivity contribution in [3.8, 4) is 5.75 Å². The van der Waals surface area contributed by atoms with Crippen molar-refractivity contribution in [3.05, 3.63) is 62.9 Å². The number of nitro benzene ring substituents is 1. The Hall–Kier alpha value is -2.67. The number of carboxylic acid groups (broad SMARTS) is 1. The number of aromatic nitrogens is 1. The van der Waals surface area contributed by atoms with Gasteiger partial charge in [-0.05, 0) is 18.2 Å². The van der Waals surface area contributed by atoms with Crippen LogP contribution in [0, 0.1) is 10.1 Å².